The molecule has 0 saturated carbocycles. The van der Waals surface area contributed by atoms with Gasteiger partial charge >= 0.3 is 12.3 Å². The van der Waals surface area contributed by atoms with Crippen molar-refractivity contribution in [2.24, 2.45) is 5.16 Å². The molecular weight excluding hydrogens is 469 g/mol. The number of piperidine rings is 1. The van der Waals surface area contributed by atoms with Crippen LogP contribution in [0.25, 0.3) is 11.0 Å². The van der Waals surface area contributed by atoms with Crippen LogP contribution in [0.5, 0.6) is 0 Å². The summed E-state index contributed by atoms with van der Waals surface area (Å²) in [6.45, 7) is 3.68. The van der Waals surface area contributed by atoms with Crippen LogP contribution in [0.4, 0.5) is 23.7 Å². The molecule has 3 aliphatic rings. The molecule has 13 heteroatoms. The summed E-state index contributed by atoms with van der Waals surface area (Å²) in [6, 6.07) is -0.0742. The molecule has 0 radical (unpaired) electrons. The zero-order valence-corrected chi connectivity index (χ0v) is 19.3. The van der Waals surface area contributed by atoms with E-state index in [0.717, 1.165) is 0 Å². The number of aromatic nitrogens is 3. The van der Waals surface area contributed by atoms with Gasteiger partial charge in [-0.05, 0) is 19.8 Å². The molecule has 2 aromatic rings. The molecule has 0 atom stereocenters. The number of halogens is 3. The van der Waals surface area contributed by atoms with Crippen molar-refractivity contribution in [1.82, 2.24) is 19.7 Å². The highest BCUT2D eigenvalue weighted by atomic mass is 19.4. The van der Waals surface area contributed by atoms with Crippen molar-refractivity contribution in [2.45, 2.75) is 63.4 Å². The SMILES string of the molecule is CCn1ncc2c(NC3CCOCC3)c(C3=NOC4(CCN(C(=O)O)CC4)C3)c(C(F)(F)F)nc21. The van der Waals surface area contributed by atoms with Crippen molar-refractivity contribution >= 4 is 28.5 Å². The molecule has 3 aliphatic heterocycles. The maximum absolute atomic E-state index is 14.4. The third-order valence-electron chi connectivity index (χ3n) is 7.00. The highest BCUT2D eigenvalue weighted by Crippen LogP contribution is 2.43. The second kappa shape index (κ2) is 8.85. The van der Waals surface area contributed by atoms with Crippen LogP contribution in [0.15, 0.2) is 11.4 Å². The van der Waals surface area contributed by atoms with E-state index in [1.807, 2.05) is 0 Å². The van der Waals surface area contributed by atoms with Crippen LogP contribution in [0.2, 0.25) is 0 Å². The predicted octanol–water partition coefficient (Wildman–Crippen LogP) is 3.70. The van der Waals surface area contributed by atoms with Gasteiger partial charge in [-0.15, -0.1) is 0 Å². The van der Waals surface area contributed by atoms with E-state index in [9.17, 15) is 23.1 Å². The van der Waals surface area contributed by atoms with Crippen LogP contribution >= 0.6 is 0 Å². The number of hydrogen-bond donors (Lipinski definition) is 2. The zero-order valence-electron chi connectivity index (χ0n) is 19.3. The number of aryl methyl sites for hydroxylation is 1. The number of nitrogens with one attached hydrogen (secondary N) is 1. The van der Waals surface area contributed by atoms with Gasteiger partial charge in [-0.2, -0.15) is 18.3 Å². The lowest BCUT2D eigenvalue weighted by Gasteiger charge is -2.35. The number of carbonyl (C=O) groups is 1. The molecule has 35 heavy (non-hydrogen) atoms. The van der Waals surface area contributed by atoms with Gasteiger partial charge in [-0.25, -0.2) is 14.5 Å². The number of likely N-dealkylation sites (tertiary alicyclic amines) is 1. The zero-order chi connectivity index (χ0) is 24.8. The lowest BCUT2D eigenvalue weighted by atomic mass is 9.84. The van der Waals surface area contributed by atoms with Crippen molar-refractivity contribution in [3.63, 3.8) is 0 Å². The minimum Gasteiger partial charge on any atom is -0.465 e. The molecule has 2 N–H and O–H groups in total. The van der Waals surface area contributed by atoms with Gasteiger partial charge in [-0.3, -0.25) is 0 Å². The van der Waals surface area contributed by atoms with Gasteiger partial charge in [0.05, 0.1) is 28.5 Å². The van der Waals surface area contributed by atoms with Crippen molar-refractivity contribution < 1.29 is 32.6 Å². The Bertz CT molecular complexity index is 1150. The maximum Gasteiger partial charge on any atom is 0.434 e. The van der Waals surface area contributed by atoms with Gasteiger partial charge in [0, 0.05) is 58.2 Å². The number of fused-ring (bicyclic) bond motifs is 1. The van der Waals surface area contributed by atoms with E-state index in [1.165, 1.54) is 15.8 Å². The standard InChI is InChI=1S/C22H27F3N6O4/c1-2-31-19-14(12-26-31)17(27-13-3-9-34-10-4-13)16(18(28-19)22(23,24)25)15-11-21(35-29-15)5-7-30(8-6-21)20(32)33/h12-13H,2-11H2,1H3,(H,27,28)(H,32,33). The molecule has 2 fully saturated rings. The van der Waals surface area contributed by atoms with E-state index in [-0.39, 0.29) is 42.5 Å². The molecule has 2 saturated heterocycles. The number of carboxylic acid groups (broad SMARTS) is 1. The topological polar surface area (TPSA) is 114 Å². The van der Waals surface area contributed by atoms with Crippen LogP contribution in [-0.4, -0.2) is 74.5 Å². The number of anilines is 1. The van der Waals surface area contributed by atoms with E-state index in [4.69, 9.17) is 9.57 Å². The monoisotopic (exact) mass is 496 g/mol. The Labute approximate surface area is 199 Å². The summed E-state index contributed by atoms with van der Waals surface area (Å²) >= 11 is 0. The van der Waals surface area contributed by atoms with Crippen LogP contribution < -0.4 is 5.32 Å². The molecule has 10 nitrogen and oxygen atoms in total. The van der Waals surface area contributed by atoms with Crippen molar-refractivity contribution in [2.75, 3.05) is 31.6 Å². The number of alkyl halides is 3. The van der Waals surface area contributed by atoms with E-state index in [0.29, 0.717) is 56.5 Å². The number of amides is 1. The van der Waals surface area contributed by atoms with Crippen molar-refractivity contribution in [3.8, 4) is 0 Å². The van der Waals surface area contributed by atoms with Crippen LogP contribution in [0.3, 0.4) is 0 Å². The normalized spacial score (nSPS) is 20.8. The Morgan fingerprint density at radius 3 is 2.63 bits per heavy atom. The highest BCUT2D eigenvalue weighted by molar-refractivity contribution is 6.12. The number of rotatable bonds is 4. The summed E-state index contributed by atoms with van der Waals surface area (Å²) < 4.78 is 50.0. The lowest BCUT2D eigenvalue weighted by Crippen LogP contribution is -2.46. The second-order valence-corrected chi connectivity index (χ2v) is 9.20. The van der Waals surface area contributed by atoms with Crippen LogP contribution in [0.1, 0.15) is 50.3 Å². The van der Waals surface area contributed by atoms with Gasteiger partial charge in [0.1, 0.15) is 5.60 Å². The number of nitrogens with zero attached hydrogens (tertiary/aromatic N) is 5. The minimum absolute atomic E-state index is 0.0742. The first-order chi connectivity index (χ1) is 16.7. The summed E-state index contributed by atoms with van der Waals surface area (Å²) in [5, 5.41) is 21.5. The smallest absolute Gasteiger partial charge is 0.434 e. The van der Waals surface area contributed by atoms with E-state index in [2.05, 4.69) is 20.6 Å². The van der Waals surface area contributed by atoms with Gasteiger partial charge in [0.25, 0.3) is 0 Å². The Hall–Kier alpha value is -3.09. The summed E-state index contributed by atoms with van der Waals surface area (Å²) in [5.74, 6) is 0. The molecule has 0 aliphatic carbocycles. The molecular formula is C22H27F3N6O4. The Kier molecular flexibility index (Phi) is 5.98. The van der Waals surface area contributed by atoms with E-state index < -0.39 is 23.6 Å². The third kappa shape index (κ3) is 4.37. The number of pyridine rings is 1. The first-order valence-electron chi connectivity index (χ1n) is 11.7. The van der Waals surface area contributed by atoms with Crippen molar-refractivity contribution in [3.05, 3.63) is 17.5 Å². The molecule has 0 aromatic carbocycles. The van der Waals surface area contributed by atoms with E-state index in [1.54, 1.807) is 6.92 Å². The average Bonchev–Trinajstić information content (AvgIpc) is 3.43. The Morgan fingerprint density at radius 2 is 2.00 bits per heavy atom. The first-order valence-corrected chi connectivity index (χ1v) is 11.7. The molecule has 5 heterocycles. The van der Waals surface area contributed by atoms with Gasteiger partial charge in [0.2, 0.25) is 0 Å². The number of hydrogen-bond acceptors (Lipinski definition) is 7. The molecule has 1 spiro atoms. The average molecular weight is 496 g/mol. The quantitative estimate of drug-likeness (QED) is 0.664. The van der Waals surface area contributed by atoms with Crippen LogP contribution in [0, 0.1) is 0 Å². The summed E-state index contributed by atoms with van der Waals surface area (Å²) in [5.41, 5.74) is -1.36. The number of oxime groups is 1. The molecule has 190 valence electrons. The largest absolute Gasteiger partial charge is 0.465 e. The van der Waals surface area contributed by atoms with Gasteiger partial charge in [-0.1, -0.05) is 5.16 Å². The summed E-state index contributed by atoms with van der Waals surface area (Å²) in [7, 11) is 0. The molecule has 5 rings (SSSR count). The molecule has 1 amide bonds. The fraction of sp³-hybridized carbons (Fsp3) is 0.636. The molecule has 0 unspecified atom stereocenters. The minimum atomic E-state index is -4.73. The summed E-state index contributed by atoms with van der Waals surface area (Å²) in [4.78, 5) is 22.3. The lowest BCUT2D eigenvalue weighted by molar-refractivity contribution is -0.141. The Morgan fingerprint density at radius 1 is 1.29 bits per heavy atom. The van der Waals surface area contributed by atoms with E-state index >= 15 is 0 Å². The van der Waals surface area contributed by atoms with Crippen molar-refractivity contribution in [1.29, 1.82) is 0 Å². The van der Waals surface area contributed by atoms with Gasteiger partial charge < -0.3 is 24.9 Å². The van der Waals surface area contributed by atoms with Gasteiger partial charge in [0.15, 0.2) is 11.3 Å². The maximum atomic E-state index is 14.4. The molecule has 0 bridgehead atoms. The second-order valence-electron chi connectivity index (χ2n) is 9.20. The fourth-order valence-electron chi connectivity index (χ4n) is 5.03. The summed E-state index contributed by atoms with van der Waals surface area (Å²) in [6.07, 6.45) is -2.07. The van der Waals surface area contributed by atoms with Crippen LogP contribution in [-0.2, 0) is 22.3 Å². The predicted molar refractivity (Wildman–Crippen MR) is 119 cm³/mol. The third-order valence-corrected chi connectivity index (χ3v) is 7.00. The Balaban J connectivity index is 1.58. The fourth-order valence-corrected chi connectivity index (χ4v) is 5.03. The first kappa shape index (κ1) is 23.6. The highest BCUT2D eigenvalue weighted by Gasteiger charge is 2.47. The number of ether oxygens (including phenoxy) is 1. The molecule has 2 aromatic heterocycles.